The molecule has 90 valence electrons. The minimum absolute atomic E-state index is 0.503. The zero-order chi connectivity index (χ0) is 13.2. The van der Waals surface area contributed by atoms with Gasteiger partial charge < -0.3 is 5.11 Å². The maximum atomic E-state index is 11.0. The molecule has 0 spiro atoms. The molecule has 0 saturated carbocycles. The Kier molecular flexibility index (Phi) is 3.19. The van der Waals surface area contributed by atoms with Crippen LogP contribution in [0.15, 0.2) is 12.1 Å². The molecule has 0 unspecified atom stereocenters. The lowest BCUT2D eigenvalue weighted by Crippen LogP contribution is -2.19. The van der Waals surface area contributed by atoms with Gasteiger partial charge in [0.25, 0.3) is 11.6 Å². The number of aromatic hydroxyl groups is 1. The Bertz CT molecular complexity index is 512. The molecule has 1 aromatic rings. The van der Waals surface area contributed by atoms with E-state index < -0.39 is 38.4 Å². The number of benzene rings is 1. The van der Waals surface area contributed by atoms with Crippen LogP contribution in [0.25, 0.3) is 0 Å². The fraction of sp³-hybridized carbons (Fsp3) is 0. The summed E-state index contributed by atoms with van der Waals surface area (Å²) >= 11 is 0. The smallest absolute Gasteiger partial charge is 0.318 e. The number of non-ortho nitro benzene ring substituents is 1. The summed E-state index contributed by atoms with van der Waals surface area (Å²) in [4.78, 5) is 29.9. The Morgan fingerprint density at radius 1 is 1.24 bits per heavy atom. The Balaban J connectivity index is 3.54. The number of phenols is 1. The van der Waals surface area contributed by atoms with Gasteiger partial charge in [0.1, 0.15) is 0 Å². The fourth-order valence-corrected chi connectivity index (χ4v) is 1.08. The maximum absolute atomic E-state index is 11.0. The molecule has 0 aliphatic heterocycles. The molecular formula is C7H5N3O7. The number of hydroxylamine groups is 1. The quantitative estimate of drug-likeness (QED) is 0.392. The number of nitro benzene ring substituents is 2. The number of phenolic OH excluding ortho intramolecular Hbond substituents is 1. The van der Waals surface area contributed by atoms with Gasteiger partial charge in [-0.2, -0.15) is 0 Å². The molecule has 10 heteroatoms. The van der Waals surface area contributed by atoms with Gasteiger partial charge in [0.2, 0.25) is 5.75 Å². The van der Waals surface area contributed by atoms with Gasteiger partial charge >= 0.3 is 5.69 Å². The summed E-state index contributed by atoms with van der Waals surface area (Å²) in [5, 5.41) is 38.6. The van der Waals surface area contributed by atoms with Crippen molar-refractivity contribution in [2.24, 2.45) is 0 Å². The summed E-state index contributed by atoms with van der Waals surface area (Å²) in [6, 6.07) is 1.11. The van der Waals surface area contributed by atoms with E-state index >= 15 is 0 Å². The van der Waals surface area contributed by atoms with Crippen LogP contribution in [-0.2, 0) is 0 Å². The van der Waals surface area contributed by atoms with Crippen molar-refractivity contribution in [1.29, 1.82) is 0 Å². The van der Waals surface area contributed by atoms with Gasteiger partial charge in [-0.25, -0.2) is 5.48 Å². The number of carbonyl (C=O) groups is 1. The van der Waals surface area contributed by atoms with Gasteiger partial charge in [-0.05, 0) is 0 Å². The minimum atomic E-state index is -1.30. The van der Waals surface area contributed by atoms with Crippen molar-refractivity contribution in [3.05, 3.63) is 37.9 Å². The predicted molar refractivity (Wildman–Crippen MR) is 50.7 cm³/mol. The highest BCUT2D eigenvalue weighted by atomic mass is 16.6. The molecule has 0 radical (unpaired) electrons. The van der Waals surface area contributed by atoms with Gasteiger partial charge in [-0.15, -0.1) is 0 Å². The first-order valence-corrected chi connectivity index (χ1v) is 3.98. The minimum Gasteiger partial charge on any atom is -0.502 e. The highest BCUT2D eigenvalue weighted by Gasteiger charge is 2.26. The Morgan fingerprint density at radius 3 is 2.24 bits per heavy atom. The van der Waals surface area contributed by atoms with E-state index in [1.54, 1.807) is 0 Å². The Labute approximate surface area is 92.4 Å². The molecule has 0 aromatic heterocycles. The maximum Gasteiger partial charge on any atom is 0.318 e. The molecule has 0 saturated heterocycles. The fourth-order valence-electron chi connectivity index (χ4n) is 1.08. The van der Waals surface area contributed by atoms with E-state index in [0.717, 1.165) is 5.48 Å². The molecule has 0 fully saturated rings. The lowest BCUT2D eigenvalue weighted by atomic mass is 10.1. The summed E-state index contributed by atoms with van der Waals surface area (Å²) in [6.07, 6.45) is 0. The molecule has 1 amide bonds. The highest BCUT2D eigenvalue weighted by molar-refractivity contribution is 5.98. The third-order valence-corrected chi connectivity index (χ3v) is 1.83. The van der Waals surface area contributed by atoms with Gasteiger partial charge in [-0.1, -0.05) is 0 Å². The van der Waals surface area contributed by atoms with E-state index in [1.165, 1.54) is 0 Å². The van der Waals surface area contributed by atoms with E-state index in [1.807, 2.05) is 0 Å². The summed E-state index contributed by atoms with van der Waals surface area (Å²) in [7, 11) is 0. The number of rotatable bonds is 3. The van der Waals surface area contributed by atoms with Crippen LogP contribution in [-0.4, -0.2) is 26.1 Å². The molecule has 1 aromatic carbocycles. The Hall–Kier alpha value is -2.75. The number of amides is 1. The second-order valence-electron chi connectivity index (χ2n) is 2.82. The number of nitrogens with one attached hydrogen (secondary N) is 1. The van der Waals surface area contributed by atoms with Crippen LogP contribution in [0.4, 0.5) is 11.4 Å². The molecular weight excluding hydrogens is 238 g/mol. The van der Waals surface area contributed by atoms with E-state index in [0.29, 0.717) is 12.1 Å². The Morgan fingerprint density at radius 2 is 1.82 bits per heavy atom. The van der Waals surface area contributed by atoms with Crippen molar-refractivity contribution in [2.75, 3.05) is 0 Å². The molecule has 0 atom stereocenters. The summed E-state index contributed by atoms with van der Waals surface area (Å²) in [6.45, 7) is 0. The molecule has 0 aliphatic carbocycles. The second kappa shape index (κ2) is 4.40. The van der Waals surface area contributed by atoms with Crippen LogP contribution in [0.5, 0.6) is 5.75 Å². The highest BCUT2D eigenvalue weighted by Crippen LogP contribution is 2.34. The third-order valence-electron chi connectivity index (χ3n) is 1.83. The predicted octanol–water partition coefficient (Wildman–Crippen LogP) is 0.328. The number of nitro groups is 2. The van der Waals surface area contributed by atoms with Crippen molar-refractivity contribution < 1.29 is 25.0 Å². The monoisotopic (exact) mass is 243 g/mol. The van der Waals surface area contributed by atoms with E-state index in [9.17, 15) is 30.1 Å². The molecule has 0 bridgehead atoms. The second-order valence-corrected chi connectivity index (χ2v) is 2.82. The third kappa shape index (κ3) is 2.26. The zero-order valence-corrected chi connectivity index (χ0v) is 7.98. The molecule has 3 N–H and O–H groups in total. The van der Waals surface area contributed by atoms with Gasteiger partial charge in [0, 0.05) is 6.07 Å². The van der Waals surface area contributed by atoms with Crippen LogP contribution >= 0.6 is 0 Å². The first-order chi connectivity index (χ1) is 7.88. The van der Waals surface area contributed by atoms with E-state index in [4.69, 9.17) is 5.21 Å². The van der Waals surface area contributed by atoms with Crippen molar-refractivity contribution in [3.8, 4) is 5.75 Å². The largest absolute Gasteiger partial charge is 0.502 e. The normalized spacial score (nSPS) is 9.71. The SMILES string of the molecule is O=C(NO)c1cc([N+](=O)[O-])cc([N+](=O)[O-])c1O. The van der Waals surface area contributed by atoms with E-state index in [-0.39, 0.29) is 0 Å². The number of hydrogen-bond donors (Lipinski definition) is 3. The summed E-state index contributed by atoms with van der Waals surface area (Å²) in [5.74, 6) is -2.36. The standard InChI is InChI=1S/C7H5N3O7/c11-6-4(7(12)8-13)1-3(9(14)15)2-5(6)10(16)17/h1-2,11,13H,(H,8,12). The molecule has 1 rings (SSSR count). The van der Waals surface area contributed by atoms with Crippen LogP contribution < -0.4 is 5.48 Å². The average Bonchev–Trinajstić information content (AvgIpc) is 2.27. The molecule has 0 aliphatic rings. The number of hydrogen-bond acceptors (Lipinski definition) is 7. The number of carbonyl (C=O) groups excluding carboxylic acids is 1. The average molecular weight is 243 g/mol. The lowest BCUT2D eigenvalue weighted by molar-refractivity contribution is -0.394. The van der Waals surface area contributed by atoms with Crippen molar-refractivity contribution >= 4 is 17.3 Å². The first kappa shape index (κ1) is 12.3. The molecule has 17 heavy (non-hydrogen) atoms. The summed E-state index contributed by atoms with van der Waals surface area (Å²) < 4.78 is 0. The zero-order valence-electron chi connectivity index (χ0n) is 7.98. The summed E-state index contributed by atoms with van der Waals surface area (Å²) in [5.41, 5.74) is -1.42. The first-order valence-electron chi connectivity index (χ1n) is 3.98. The lowest BCUT2D eigenvalue weighted by Gasteiger charge is -2.03. The number of nitrogens with zero attached hydrogens (tertiary/aromatic N) is 2. The molecule has 0 heterocycles. The van der Waals surface area contributed by atoms with Crippen LogP contribution in [0.2, 0.25) is 0 Å². The van der Waals surface area contributed by atoms with Crippen LogP contribution in [0.1, 0.15) is 10.4 Å². The van der Waals surface area contributed by atoms with Crippen LogP contribution in [0.3, 0.4) is 0 Å². The van der Waals surface area contributed by atoms with Crippen molar-refractivity contribution in [3.63, 3.8) is 0 Å². The van der Waals surface area contributed by atoms with Gasteiger partial charge in [0.15, 0.2) is 0 Å². The van der Waals surface area contributed by atoms with Crippen molar-refractivity contribution in [1.82, 2.24) is 5.48 Å². The molecule has 10 nitrogen and oxygen atoms in total. The van der Waals surface area contributed by atoms with Crippen LogP contribution in [0, 0.1) is 20.2 Å². The van der Waals surface area contributed by atoms with Gasteiger partial charge in [0.05, 0.1) is 21.5 Å². The van der Waals surface area contributed by atoms with E-state index in [2.05, 4.69) is 0 Å². The van der Waals surface area contributed by atoms with Crippen molar-refractivity contribution in [2.45, 2.75) is 0 Å². The topological polar surface area (TPSA) is 156 Å². The van der Waals surface area contributed by atoms with Gasteiger partial charge in [-0.3, -0.25) is 30.2 Å².